The van der Waals surface area contributed by atoms with Crippen molar-refractivity contribution >= 4 is 70.5 Å². The minimum absolute atomic E-state index is 0.448. The van der Waals surface area contributed by atoms with E-state index in [-0.39, 0.29) is 0 Å². The summed E-state index contributed by atoms with van der Waals surface area (Å²) in [5, 5.41) is 4.74. The summed E-state index contributed by atoms with van der Waals surface area (Å²) in [6.45, 7) is 0. The van der Waals surface area contributed by atoms with Gasteiger partial charge < -0.3 is 9.32 Å². The van der Waals surface area contributed by atoms with Gasteiger partial charge in [-0.25, -0.2) is 0 Å². The predicted molar refractivity (Wildman–Crippen MR) is 244 cm³/mol. The molecule has 2 aromatic heterocycles. The van der Waals surface area contributed by atoms with Crippen LogP contribution in [0, 0.1) is 0 Å². The second-order valence-corrected chi connectivity index (χ2v) is 16.3. The van der Waals surface area contributed by atoms with Crippen LogP contribution in [0.25, 0.3) is 64.4 Å². The number of hydrogen-bond donors (Lipinski definition) is 0. The van der Waals surface area contributed by atoms with E-state index in [0.717, 1.165) is 39.0 Å². The van der Waals surface area contributed by atoms with Gasteiger partial charge in [0.2, 0.25) is 0 Å². The van der Waals surface area contributed by atoms with Gasteiger partial charge in [0.05, 0.1) is 11.1 Å². The summed E-state index contributed by atoms with van der Waals surface area (Å²) in [4.78, 5) is 2.40. The Kier molecular flexibility index (Phi) is 7.35. The first-order valence-corrected chi connectivity index (χ1v) is 20.6. The first-order valence-electron chi connectivity index (χ1n) is 19.8. The van der Waals surface area contributed by atoms with Gasteiger partial charge in [-0.1, -0.05) is 158 Å². The normalized spacial score (nSPS) is 13.0. The molecule has 0 radical (unpaired) electrons. The first kappa shape index (κ1) is 33.0. The average Bonchev–Trinajstić information content (AvgIpc) is 3.95. The summed E-state index contributed by atoms with van der Waals surface area (Å²) < 4.78 is 8.99. The molecule has 0 aliphatic heterocycles. The fourth-order valence-electron chi connectivity index (χ4n) is 9.65. The Morgan fingerprint density at radius 1 is 0.397 bits per heavy atom. The van der Waals surface area contributed by atoms with Gasteiger partial charge in [-0.2, -0.15) is 0 Å². The van der Waals surface area contributed by atoms with Crippen LogP contribution in [0.3, 0.4) is 0 Å². The van der Waals surface area contributed by atoms with Crippen molar-refractivity contribution in [2.24, 2.45) is 0 Å². The van der Waals surface area contributed by atoms with Crippen LogP contribution in [0.2, 0.25) is 0 Å². The molecule has 12 rings (SSSR count). The Bertz CT molecular complexity index is 3300. The van der Waals surface area contributed by atoms with Crippen LogP contribution in [0.15, 0.2) is 217 Å². The smallest absolute Gasteiger partial charge is 0.137 e. The Balaban J connectivity index is 1.08. The largest absolute Gasteiger partial charge is 0.456 e. The molecule has 0 amide bonds. The van der Waals surface area contributed by atoms with Crippen LogP contribution < -0.4 is 4.90 Å². The Labute approximate surface area is 340 Å². The van der Waals surface area contributed by atoms with Crippen LogP contribution in [0.4, 0.5) is 17.1 Å². The molecule has 1 aliphatic carbocycles. The van der Waals surface area contributed by atoms with E-state index in [1.165, 1.54) is 64.7 Å². The van der Waals surface area contributed by atoms with Crippen molar-refractivity contribution in [3.8, 4) is 22.3 Å². The SMILES string of the molecule is c1ccc(-c2ccc(N(c3ccc4c(c3)oc3ccccc34)c3cccc4sc5cc(C6(c7ccccc7)c7ccccc7-c7ccccc76)ccc5c34)cc2)cc1. The average molecular weight is 758 g/mol. The van der Waals surface area contributed by atoms with Crippen molar-refractivity contribution in [2.75, 3.05) is 4.90 Å². The van der Waals surface area contributed by atoms with Crippen molar-refractivity contribution in [2.45, 2.75) is 5.41 Å². The van der Waals surface area contributed by atoms with Gasteiger partial charge in [0, 0.05) is 48.4 Å². The van der Waals surface area contributed by atoms with Crippen LogP contribution >= 0.6 is 11.3 Å². The number of rotatable bonds is 6. The maximum Gasteiger partial charge on any atom is 0.137 e. The van der Waals surface area contributed by atoms with E-state index in [4.69, 9.17) is 4.42 Å². The minimum atomic E-state index is -0.448. The molecular formula is C55H35NOS. The monoisotopic (exact) mass is 757 g/mol. The Morgan fingerprint density at radius 2 is 1.02 bits per heavy atom. The number of hydrogen-bond acceptors (Lipinski definition) is 3. The topological polar surface area (TPSA) is 16.4 Å². The van der Waals surface area contributed by atoms with Gasteiger partial charge in [-0.15, -0.1) is 11.3 Å². The summed E-state index contributed by atoms with van der Waals surface area (Å²) in [7, 11) is 0. The van der Waals surface area contributed by atoms with Gasteiger partial charge in [-0.3, -0.25) is 0 Å². The third kappa shape index (κ3) is 4.84. The molecule has 1 aliphatic rings. The van der Waals surface area contributed by atoms with Crippen LogP contribution in [-0.4, -0.2) is 0 Å². The van der Waals surface area contributed by atoms with E-state index in [1.54, 1.807) is 0 Å². The van der Waals surface area contributed by atoms with Crippen molar-refractivity contribution in [3.63, 3.8) is 0 Å². The van der Waals surface area contributed by atoms with Gasteiger partial charge in [0.25, 0.3) is 0 Å². The number of fused-ring (bicyclic) bond motifs is 9. The molecule has 0 N–H and O–H groups in total. The number of furan rings is 1. The molecule has 0 atom stereocenters. The van der Waals surface area contributed by atoms with Crippen molar-refractivity contribution in [1.82, 2.24) is 0 Å². The second kappa shape index (κ2) is 12.9. The number of benzene rings is 9. The van der Waals surface area contributed by atoms with E-state index in [2.05, 4.69) is 205 Å². The van der Waals surface area contributed by atoms with Gasteiger partial charge in [0.15, 0.2) is 0 Å². The maximum atomic E-state index is 6.47. The lowest BCUT2D eigenvalue weighted by atomic mass is 9.67. The van der Waals surface area contributed by atoms with Crippen LogP contribution in [-0.2, 0) is 5.41 Å². The molecule has 58 heavy (non-hydrogen) atoms. The van der Waals surface area contributed by atoms with E-state index < -0.39 is 5.41 Å². The van der Waals surface area contributed by atoms with Gasteiger partial charge in [-0.05, 0) is 93.0 Å². The molecule has 0 unspecified atom stereocenters. The molecular weight excluding hydrogens is 723 g/mol. The molecule has 0 fully saturated rings. The quantitative estimate of drug-likeness (QED) is 0.168. The molecule has 11 aromatic rings. The zero-order valence-corrected chi connectivity index (χ0v) is 32.3. The van der Waals surface area contributed by atoms with E-state index in [1.807, 2.05) is 23.5 Å². The molecule has 0 spiro atoms. The maximum absolute atomic E-state index is 6.47. The van der Waals surface area contributed by atoms with E-state index in [0.29, 0.717) is 0 Å². The fraction of sp³-hybridized carbons (Fsp3) is 0.0182. The third-order valence-corrected chi connectivity index (χ3v) is 13.3. The first-order chi connectivity index (χ1) is 28.8. The highest BCUT2D eigenvalue weighted by Gasteiger charge is 2.46. The summed E-state index contributed by atoms with van der Waals surface area (Å²) >= 11 is 1.87. The minimum Gasteiger partial charge on any atom is -0.456 e. The summed E-state index contributed by atoms with van der Waals surface area (Å²) in [6, 6.07) is 77.5. The third-order valence-electron chi connectivity index (χ3n) is 12.2. The highest BCUT2D eigenvalue weighted by atomic mass is 32.1. The van der Waals surface area contributed by atoms with E-state index in [9.17, 15) is 0 Å². The van der Waals surface area contributed by atoms with Crippen molar-refractivity contribution in [3.05, 3.63) is 235 Å². The summed E-state index contributed by atoms with van der Waals surface area (Å²) in [6.07, 6.45) is 0. The molecule has 3 heteroatoms. The molecule has 2 heterocycles. The van der Waals surface area contributed by atoms with Crippen LogP contribution in [0.5, 0.6) is 0 Å². The zero-order valence-electron chi connectivity index (χ0n) is 31.5. The molecule has 0 saturated heterocycles. The zero-order chi connectivity index (χ0) is 38.2. The van der Waals surface area contributed by atoms with Crippen LogP contribution in [0.1, 0.15) is 22.3 Å². The van der Waals surface area contributed by atoms with Gasteiger partial charge in [0.1, 0.15) is 11.2 Å². The lowest BCUT2D eigenvalue weighted by Crippen LogP contribution is -2.28. The predicted octanol–water partition coefficient (Wildman–Crippen LogP) is 15.5. The standard InChI is InChI=1S/C55H35NOS/c1-3-14-36(15-4-1)37-26-29-40(30-27-37)56(41-31-33-45-44-20-9-12-24-50(44)57-51(45)35-41)49-23-13-25-52-54(49)46-32-28-39(34-53(46)58-52)55(38-16-5-2-6-17-38)47-21-10-7-18-42(47)43-19-8-11-22-48(43)55/h1-35H. The highest BCUT2D eigenvalue weighted by Crippen LogP contribution is 2.57. The second-order valence-electron chi connectivity index (χ2n) is 15.2. The summed E-state index contributed by atoms with van der Waals surface area (Å²) in [5.41, 5.74) is 14.8. The molecule has 2 nitrogen and oxygen atoms in total. The Hall–Kier alpha value is -7.20. The molecule has 0 bridgehead atoms. The van der Waals surface area contributed by atoms with Crippen molar-refractivity contribution in [1.29, 1.82) is 0 Å². The number of thiophene rings is 1. The Morgan fingerprint density at radius 3 is 1.79 bits per heavy atom. The number of para-hydroxylation sites is 1. The number of nitrogens with zero attached hydrogens (tertiary/aromatic N) is 1. The summed E-state index contributed by atoms with van der Waals surface area (Å²) in [5.74, 6) is 0. The lowest BCUT2D eigenvalue weighted by Gasteiger charge is -2.34. The van der Waals surface area contributed by atoms with E-state index >= 15 is 0 Å². The van der Waals surface area contributed by atoms with Gasteiger partial charge >= 0.3 is 0 Å². The molecule has 9 aromatic carbocycles. The molecule has 272 valence electrons. The molecule has 0 saturated carbocycles. The number of anilines is 3. The highest BCUT2D eigenvalue weighted by molar-refractivity contribution is 7.26. The lowest BCUT2D eigenvalue weighted by molar-refractivity contribution is 0.669. The van der Waals surface area contributed by atoms with Crippen molar-refractivity contribution < 1.29 is 4.42 Å². The fourth-order valence-corrected chi connectivity index (χ4v) is 10.8.